The molecular weight excluding hydrogens is 368 g/mol. The molecule has 0 saturated heterocycles. The molecule has 0 saturated carbocycles. The van der Waals surface area contributed by atoms with Crippen molar-refractivity contribution < 1.29 is 9.21 Å². The predicted molar refractivity (Wildman–Crippen MR) is 112 cm³/mol. The van der Waals surface area contributed by atoms with Gasteiger partial charge >= 0.3 is 0 Å². The summed E-state index contributed by atoms with van der Waals surface area (Å²) in [6, 6.07) is 29.1. The van der Waals surface area contributed by atoms with Crippen molar-refractivity contribution in [3.05, 3.63) is 96.6 Å². The number of nitrogens with two attached hydrogens (primary N) is 1. The molecule has 138 valence electrons. The molecule has 1 heterocycles. The predicted octanol–water partition coefficient (Wildman–Crippen LogP) is 5.33. The lowest BCUT2D eigenvalue weighted by atomic mass is 10.1. The van der Waals surface area contributed by atoms with Gasteiger partial charge in [-0.3, -0.25) is 4.79 Å². The van der Waals surface area contributed by atoms with Crippen molar-refractivity contribution in [2.24, 2.45) is 5.73 Å². The van der Waals surface area contributed by atoms with Crippen LogP contribution >= 0.6 is 11.8 Å². The van der Waals surface area contributed by atoms with Crippen LogP contribution in [0.4, 0.5) is 0 Å². The van der Waals surface area contributed by atoms with Crippen LogP contribution in [0.25, 0.3) is 22.6 Å². The highest BCUT2D eigenvalue weighted by Crippen LogP contribution is 2.40. The quantitative estimate of drug-likeness (QED) is 0.455. The van der Waals surface area contributed by atoms with E-state index in [2.05, 4.69) is 0 Å². The zero-order valence-electron chi connectivity index (χ0n) is 15.0. The summed E-state index contributed by atoms with van der Waals surface area (Å²) >= 11 is 1.22. The van der Waals surface area contributed by atoms with Crippen LogP contribution < -0.4 is 5.73 Å². The SMILES string of the molecule is NC(=O)[C@H](Sc1nc(-c2ccccc2)c(-c2ccccc2)o1)c1ccccc1. The molecule has 0 spiro atoms. The Morgan fingerprint density at radius 2 is 1.36 bits per heavy atom. The third-order valence-corrected chi connectivity index (χ3v) is 5.39. The number of primary amides is 1. The van der Waals surface area contributed by atoms with Crippen molar-refractivity contribution >= 4 is 17.7 Å². The Kier molecular flexibility index (Phi) is 5.26. The van der Waals surface area contributed by atoms with Crippen LogP contribution in [-0.2, 0) is 4.79 Å². The summed E-state index contributed by atoms with van der Waals surface area (Å²) in [6.45, 7) is 0. The third-order valence-electron chi connectivity index (χ3n) is 4.27. The fraction of sp³-hybridized carbons (Fsp3) is 0.0435. The fourth-order valence-electron chi connectivity index (χ4n) is 2.95. The molecule has 4 rings (SSSR count). The minimum atomic E-state index is -0.577. The number of oxazole rings is 1. The molecule has 0 aliphatic carbocycles. The van der Waals surface area contributed by atoms with Crippen LogP contribution in [0, 0.1) is 0 Å². The largest absolute Gasteiger partial charge is 0.431 e. The van der Waals surface area contributed by atoms with Gasteiger partial charge in [0.2, 0.25) is 5.91 Å². The Hall–Kier alpha value is -3.31. The van der Waals surface area contributed by atoms with Crippen molar-refractivity contribution in [2.75, 3.05) is 0 Å². The summed E-state index contributed by atoms with van der Waals surface area (Å²) in [5.74, 6) is 0.238. The first-order chi connectivity index (χ1) is 13.7. The highest BCUT2D eigenvalue weighted by Gasteiger charge is 2.24. The average molecular weight is 386 g/mol. The van der Waals surface area contributed by atoms with E-state index in [1.54, 1.807) is 0 Å². The van der Waals surface area contributed by atoms with Gasteiger partial charge in [0.05, 0.1) is 0 Å². The Bertz CT molecular complexity index is 1010. The molecule has 2 N–H and O–H groups in total. The summed E-state index contributed by atoms with van der Waals surface area (Å²) < 4.78 is 6.10. The van der Waals surface area contributed by atoms with Crippen LogP contribution in [0.3, 0.4) is 0 Å². The number of nitrogens with zero attached hydrogens (tertiary/aromatic N) is 1. The highest BCUT2D eigenvalue weighted by atomic mass is 32.2. The zero-order chi connectivity index (χ0) is 19.3. The van der Waals surface area contributed by atoms with Gasteiger partial charge in [-0.25, -0.2) is 4.98 Å². The van der Waals surface area contributed by atoms with Crippen molar-refractivity contribution in [3.63, 3.8) is 0 Å². The van der Waals surface area contributed by atoms with Gasteiger partial charge in [0.25, 0.3) is 5.22 Å². The van der Waals surface area contributed by atoms with Crippen molar-refractivity contribution in [1.29, 1.82) is 0 Å². The monoisotopic (exact) mass is 386 g/mol. The van der Waals surface area contributed by atoms with Gasteiger partial charge < -0.3 is 10.2 Å². The minimum absolute atomic E-state index is 0.408. The molecule has 0 radical (unpaired) electrons. The summed E-state index contributed by atoms with van der Waals surface area (Å²) in [6.07, 6.45) is 0. The number of hydrogen-bond donors (Lipinski definition) is 1. The normalized spacial score (nSPS) is 11.9. The lowest BCUT2D eigenvalue weighted by Gasteiger charge is -2.10. The second kappa shape index (κ2) is 8.15. The topological polar surface area (TPSA) is 69.1 Å². The number of rotatable bonds is 6. The molecular formula is C23H18N2O2S. The van der Waals surface area contributed by atoms with Crippen LogP contribution in [0.15, 0.2) is 101 Å². The van der Waals surface area contributed by atoms with E-state index in [4.69, 9.17) is 15.1 Å². The maximum absolute atomic E-state index is 12.1. The number of carbonyl (C=O) groups is 1. The van der Waals surface area contributed by atoms with Gasteiger partial charge in [-0.15, -0.1) is 0 Å². The van der Waals surface area contributed by atoms with Crippen LogP contribution in [0.5, 0.6) is 0 Å². The Morgan fingerprint density at radius 3 is 1.93 bits per heavy atom. The maximum atomic E-state index is 12.1. The van der Waals surface area contributed by atoms with Crippen LogP contribution in [0.2, 0.25) is 0 Å². The van der Waals surface area contributed by atoms with Gasteiger partial charge in [0.1, 0.15) is 10.9 Å². The first kappa shape index (κ1) is 18.1. The van der Waals surface area contributed by atoms with Crippen LogP contribution in [-0.4, -0.2) is 10.9 Å². The average Bonchev–Trinajstić information content (AvgIpc) is 3.18. The van der Waals surface area contributed by atoms with E-state index in [0.717, 1.165) is 22.4 Å². The standard InChI is InChI=1S/C23H18N2O2S/c24-22(26)21(18-14-8-3-9-15-18)28-23-25-19(16-10-4-1-5-11-16)20(27-23)17-12-6-2-7-13-17/h1-15,21H,(H2,24,26)/t21-/m1/s1. The molecule has 0 fully saturated rings. The molecule has 4 aromatic rings. The Balaban J connectivity index is 1.76. The second-order valence-electron chi connectivity index (χ2n) is 6.20. The molecule has 0 unspecified atom stereocenters. The molecule has 28 heavy (non-hydrogen) atoms. The van der Waals surface area contributed by atoms with Gasteiger partial charge in [-0.1, -0.05) is 91.0 Å². The summed E-state index contributed by atoms with van der Waals surface area (Å²) in [7, 11) is 0. The number of aromatic nitrogens is 1. The molecule has 0 aliphatic rings. The first-order valence-corrected chi connectivity index (χ1v) is 9.73. The second-order valence-corrected chi connectivity index (χ2v) is 7.26. The molecule has 3 aromatic carbocycles. The first-order valence-electron chi connectivity index (χ1n) is 8.85. The lowest BCUT2D eigenvalue weighted by Crippen LogP contribution is -2.18. The van der Waals surface area contributed by atoms with E-state index >= 15 is 0 Å². The van der Waals surface area contributed by atoms with Gasteiger partial charge in [0.15, 0.2) is 5.76 Å². The maximum Gasteiger partial charge on any atom is 0.257 e. The van der Waals surface area contributed by atoms with E-state index in [1.165, 1.54) is 11.8 Å². The molecule has 4 nitrogen and oxygen atoms in total. The van der Waals surface area contributed by atoms with Gasteiger partial charge in [0, 0.05) is 11.1 Å². The zero-order valence-corrected chi connectivity index (χ0v) is 15.8. The molecule has 0 aliphatic heterocycles. The number of thioether (sulfide) groups is 1. The van der Waals surface area contributed by atoms with Crippen molar-refractivity contribution in [3.8, 4) is 22.6 Å². The van der Waals surface area contributed by atoms with E-state index in [-0.39, 0.29) is 0 Å². The van der Waals surface area contributed by atoms with Crippen molar-refractivity contribution in [2.45, 2.75) is 10.5 Å². The Morgan fingerprint density at radius 1 is 0.821 bits per heavy atom. The van der Waals surface area contributed by atoms with E-state index in [1.807, 2.05) is 91.0 Å². The molecule has 5 heteroatoms. The van der Waals surface area contributed by atoms with E-state index in [9.17, 15) is 4.79 Å². The van der Waals surface area contributed by atoms with Gasteiger partial charge in [-0.05, 0) is 17.3 Å². The lowest BCUT2D eigenvalue weighted by molar-refractivity contribution is -0.117. The van der Waals surface area contributed by atoms with Crippen LogP contribution in [0.1, 0.15) is 10.8 Å². The summed E-state index contributed by atoms with van der Waals surface area (Å²) in [5.41, 5.74) is 9.09. The molecule has 1 amide bonds. The number of amides is 1. The van der Waals surface area contributed by atoms with Crippen molar-refractivity contribution in [1.82, 2.24) is 4.98 Å². The van der Waals surface area contributed by atoms with Gasteiger partial charge in [-0.2, -0.15) is 0 Å². The highest BCUT2D eigenvalue weighted by molar-refractivity contribution is 8.00. The minimum Gasteiger partial charge on any atom is -0.431 e. The fourth-order valence-corrected chi connectivity index (χ4v) is 3.83. The smallest absolute Gasteiger partial charge is 0.257 e. The summed E-state index contributed by atoms with van der Waals surface area (Å²) in [4.78, 5) is 16.8. The van der Waals surface area contributed by atoms with E-state index in [0.29, 0.717) is 11.0 Å². The number of benzene rings is 3. The molecule has 0 bridgehead atoms. The summed E-state index contributed by atoms with van der Waals surface area (Å²) in [5, 5.41) is -0.169. The third kappa shape index (κ3) is 3.85. The molecule has 1 atom stereocenters. The number of carbonyl (C=O) groups excluding carboxylic acids is 1. The molecule has 1 aromatic heterocycles. The number of hydrogen-bond acceptors (Lipinski definition) is 4. The Labute approximate surface area is 167 Å². The van der Waals surface area contributed by atoms with E-state index < -0.39 is 11.2 Å².